The third-order valence-corrected chi connectivity index (χ3v) is 9.89. The van der Waals surface area contributed by atoms with Gasteiger partial charge >= 0.3 is 0 Å². The van der Waals surface area contributed by atoms with E-state index in [4.69, 9.17) is 14.5 Å². The second-order valence-corrected chi connectivity index (χ2v) is 12.6. The summed E-state index contributed by atoms with van der Waals surface area (Å²) in [4.78, 5) is 20.4. The van der Waals surface area contributed by atoms with Crippen molar-refractivity contribution in [1.29, 1.82) is 0 Å². The van der Waals surface area contributed by atoms with Crippen LogP contribution in [0.4, 0.5) is 5.13 Å². The van der Waals surface area contributed by atoms with E-state index in [9.17, 15) is 13.2 Å². The molecule has 39 heavy (non-hydrogen) atoms. The monoisotopic (exact) mass is 565 g/mol. The molecular formula is C29H31N3O5S2. The number of hydrogen-bond acceptors (Lipinski definition) is 7. The van der Waals surface area contributed by atoms with Gasteiger partial charge in [-0.3, -0.25) is 9.69 Å². The van der Waals surface area contributed by atoms with E-state index >= 15 is 0 Å². The Hall–Kier alpha value is -3.31. The summed E-state index contributed by atoms with van der Waals surface area (Å²) in [7, 11) is -0.584. The standard InChI is InChI=1S/C29H31N3O5S2/c1-20-11-16-25(36-3)26-27(20)38-29(30-26)32(19-23-10-7-17-37-23)28(33)22-12-14-24(15-13-22)39(34,35)31(2)18-21-8-5-4-6-9-21/h4-6,8-9,11-16,23H,7,10,17-19H2,1-3H3. The number of benzene rings is 3. The number of thiazole rings is 1. The van der Waals surface area contributed by atoms with Gasteiger partial charge in [0.1, 0.15) is 11.3 Å². The predicted octanol–water partition coefficient (Wildman–Crippen LogP) is 5.26. The maximum atomic E-state index is 13.8. The molecule has 2 heterocycles. The number of aromatic nitrogens is 1. The van der Waals surface area contributed by atoms with E-state index in [1.54, 1.807) is 31.2 Å². The molecule has 1 fully saturated rings. The summed E-state index contributed by atoms with van der Waals surface area (Å²) in [6.45, 7) is 3.28. The lowest BCUT2D eigenvalue weighted by Gasteiger charge is -2.23. The van der Waals surface area contributed by atoms with Crippen molar-refractivity contribution >= 4 is 42.6 Å². The molecule has 1 atom stereocenters. The van der Waals surface area contributed by atoms with Crippen LogP contribution >= 0.6 is 11.3 Å². The molecular weight excluding hydrogens is 534 g/mol. The number of amides is 1. The van der Waals surface area contributed by atoms with Crippen molar-refractivity contribution in [2.45, 2.75) is 37.3 Å². The molecule has 5 rings (SSSR count). The Morgan fingerprint density at radius 3 is 2.51 bits per heavy atom. The quantitative estimate of drug-likeness (QED) is 0.275. The Labute approximate surface area is 232 Å². The Morgan fingerprint density at radius 1 is 1.10 bits per heavy atom. The number of carbonyl (C=O) groups is 1. The molecule has 8 nitrogen and oxygen atoms in total. The van der Waals surface area contributed by atoms with Gasteiger partial charge in [0.05, 0.1) is 29.4 Å². The first kappa shape index (κ1) is 27.3. The first-order valence-electron chi connectivity index (χ1n) is 12.8. The van der Waals surface area contributed by atoms with Crippen LogP contribution in [0.2, 0.25) is 0 Å². The van der Waals surface area contributed by atoms with Crippen molar-refractivity contribution < 1.29 is 22.7 Å². The van der Waals surface area contributed by atoms with Crippen LogP contribution in [0.1, 0.15) is 34.3 Å². The summed E-state index contributed by atoms with van der Waals surface area (Å²) in [6.07, 6.45) is 1.72. The number of anilines is 1. The van der Waals surface area contributed by atoms with Crippen LogP contribution in [0.25, 0.3) is 10.2 Å². The molecule has 3 aromatic carbocycles. The number of ether oxygens (including phenoxy) is 2. The topological polar surface area (TPSA) is 89.0 Å². The number of methoxy groups -OCH3 is 1. The Kier molecular flexibility index (Phi) is 7.99. The van der Waals surface area contributed by atoms with Crippen molar-refractivity contribution in [3.63, 3.8) is 0 Å². The first-order valence-corrected chi connectivity index (χ1v) is 15.0. The fourth-order valence-electron chi connectivity index (χ4n) is 4.65. The van der Waals surface area contributed by atoms with Crippen molar-refractivity contribution in [3.8, 4) is 5.75 Å². The molecule has 0 spiro atoms. The summed E-state index contributed by atoms with van der Waals surface area (Å²) in [5.41, 5.74) is 3.03. The summed E-state index contributed by atoms with van der Waals surface area (Å²) in [5, 5.41) is 0.553. The van der Waals surface area contributed by atoms with Gasteiger partial charge in [-0.05, 0) is 61.2 Å². The van der Waals surface area contributed by atoms with Gasteiger partial charge in [0.15, 0.2) is 5.13 Å². The third kappa shape index (κ3) is 5.69. The Morgan fingerprint density at radius 2 is 1.85 bits per heavy atom. The zero-order valence-corrected chi connectivity index (χ0v) is 23.8. The highest BCUT2D eigenvalue weighted by molar-refractivity contribution is 7.89. The fraction of sp³-hybridized carbons (Fsp3) is 0.310. The van der Waals surface area contributed by atoms with Crippen LogP contribution in [-0.4, -0.2) is 57.0 Å². The average molecular weight is 566 g/mol. The predicted molar refractivity (Wildman–Crippen MR) is 153 cm³/mol. The van der Waals surface area contributed by atoms with Gasteiger partial charge in [0.2, 0.25) is 10.0 Å². The van der Waals surface area contributed by atoms with E-state index in [-0.39, 0.29) is 23.5 Å². The second-order valence-electron chi connectivity index (χ2n) is 9.58. The van der Waals surface area contributed by atoms with Gasteiger partial charge in [0.25, 0.3) is 5.91 Å². The molecule has 4 aromatic rings. The maximum absolute atomic E-state index is 13.8. The number of nitrogens with zero attached hydrogens (tertiary/aromatic N) is 3. The maximum Gasteiger partial charge on any atom is 0.260 e. The van der Waals surface area contributed by atoms with E-state index in [2.05, 4.69) is 0 Å². The molecule has 0 bridgehead atoms. The Balaban J connectivity index is 1.43. The van der Waals surface area contributed by atoms with Crippen LogP contribution in [0.5, 0.6) is 5.75 Å². The summed E-state index contributed by atoms with van der Waals surface area (Å²) < 4.78 is 40.0. The van der Waals surface area contributed by atoms with Crippen LogP contribution in [0.15, 0.2) is 71.6 Å². The van der Waals surface area contributed by atoms with Crippen molar-refractivity contribution in [2.75, 3.05) is 32.2 Å². The minimum atomic E-state index is -3.74. The molecule has 0 N–H and O–H groups in total. The SMILES string of the molecule is COc1ccc(C)c2sc(N(CC3CCCO3)C(=O)c3ccc(S(=O)(=O)N(C)Cc4ccccc4)cc3)nc12. The molecule has 1 aromatic heterocycles. The van der Waals surface area contributed by atoms with Crippen molar-refractivity contribution in [3.05, 3.63) is 83.4 Å². The molecule has 1 amide bonds. The van der Waals surface area contributed by atoms with Gasteiger partial charge in [0, 0.05) is 25.8 Å². The smallest absolute Gasteiger partial charge is 0.260 e. The fourth-order valence-corrected chi connectivity index (χ4v) is 6.87. The van der Waals surface area contributed by atoms with Crippen molar-refractivity contribution in [2.24, 2.45) is 0 Å². The van der Waals surface area contributed by atoms with E-state index in [1.165, 1.54) is 27.8 Å². The summed E-state index contributed by atoms with van der Waals surface area (Å²) >= 11 is 1.44. The highest BCUT2D eigenvalue weighted by Crippen LogP contribution is 2.37. The number of hydrogen-bond donors (Lipinski definition) is 0. The third-order valence-electron chi connectivity index (χ3n) is 6.86. The summed E-state index contributed by atoms with van der Waals surface area (Å²) in [5.74, 6) is 0.388. The zero-order chi connectivity index (χ0) is 27.6. The number of carbonyl (C=O) groups excluding carboxylic acids is 1. The largest absolute Gasteiger partial charge is 0.494 e. The lowest BCUT2D eigenvalue weighted by molar-refractivity contribution is 0.0917. The lowest BCUT2D eigenvalue weighted by atomic mass is 10.2. The van der Waals surface area contributed by atoms with Gasteiger partial charge in [-0.1, -0.05) is 47.7 Å². The molecule has 1 saturated heterocycles. The molecule has 1 unspecified atom stereocenters. The summed E-state index contributed by atoms with van der Waals surface area (Å²) in [6, 6.07) is 19.4. The zero-order valence-electron chi connectivity index (χ0n) is 22.2. The van der Waals surface area contributed by atoms with E-state index < -0.39 is 10.0 Å². The van der Waals surface area contributed by atoms with E-state index in [0.717, 1.165) is 28.7 Å². The molecule has 10 heteroatoms. The first-order chi connectivity index (χ1) is 18.8. The van der Waals surface area contributed by atoms with E-state index in [0.29, 0.717) is 35.1 Å². The minimum absolute atomic E-state index is 0.0877. The highest BCUT2D eigenvalue weighted by atomic mass is 32.2. The van der Waals surface area contributed by atoms with Crippen LogP contribution in [0, 0.1) is 6.92 Å². The number of rotatable bonds is 9. The molecule has 0 radical (unpaired) electrons. The van der Waals surface area contributed by atoms with Gasteiger partial charge in [-0.15, -0.1) is 0 Å². The minimum Gasteiger partial charge on any atom is -0.494 e. The molecule has 204 valence electrons. The molecule has 0 aliphatic carbocycles. The van der Waals surface area contributed by atoms with Gasteiger partial charge < -0.3 is 9.47 Å². The number of fused-ring (bicyclic) bond motifs is 1. The van der Waals surface area contributed by atoms with Crippen LogP contribution < -0.4 is 9.64 Å². The second kappa shape index (κ2) is 11.4. The van der Waals surface area contributed by atoms with Gasteiger partial charge in [-0.25, -0.2) is 13.4 Å². The lowest BCUT2D eigenvalue weighted by Crippen LogP contribution is -2.37. The van der Waals surface area contributed by atoms with Gasteiger partial charge in [-0.2, -0.15) is 4.31 Å². The number of aryl methyl sites for hydroxylation is 1. The molecule has 0 saturated carbocycles. The van der Waals surface area contributed by atoms with E-state index in [1.807, 2.05) is 49.4 Å². The van der Waals surface area contributed by atoms with Crippen LogP contribution in [-0.2, 0) is 21.3 Å². The normalized spacial score (nSPS) is 15.6. The highest BCUT2D eigenvalue weighted by Gasteiger charge is 2.29. The molecule has 1 aliphatic rings. The number of sulfonamides is 1. The Bertz CT molecular complexity index is 1560. The van der Waals surface area contributed by atoms with Crippen LogP contribution in [0.3, 0.4) is 0 Å². The average Bonchev–Trinajstić information content (AvgIpc) is 3.63. The molecule has 1 aliphatic heterocycles. The van der Waals surface area contributed by atoms with Crippen molar-refractivity contribution in [1.82, 2.24) is 9.29 Å².